The molecule has 0 saturated carbocycles. The lowest BCUT2D eigenvalue weighted by Gasteiger charge is -2.22. The Kier molecular flexibility index (Phi) is 4.84. The summed E-state index contributed by atoms with van der Waals surface area (Å²) in [6.45, 7) is 8.50. The van der Waals surface area contributed by atoms with Crippen LogP contribution in [0, 0.1) is 0 Å². The Hall–Kier alpha value is -1.61. The fourth-order valence-corrected chi connectivity index (χ4v) is 2.53. The van der Waals surface area contributed by atoms with E-state index in [1.165, 1.54) is 5.56 Å². The maximum atomic E-state index is 12.1. The number of hydrogen-bond donors (Lipinski definition) is 1. The van der Waals surface area contributed by atoms with Crippen molar-refractivity contribution < 1.29 is 4.79 Å². The summed E-state index contributed by atoms with van der Waals surface area (Å²) >= 11 is 0. The first-order valence-electron chi connectivity index (χ1n) is 7.64. The smallest absolute Gasteiger partial charge is 0.246 e. The van der Waals surface area contributed by atoms with Gasteiger partial charge in [-0.25, -0.2) is 0 Å². The molecule has 1 aliphatic rings. The molecule has 1 unspecified atom stereocenters. The zero-order valence-corrected chi connectivity index (χ0v) is 13.5. The molecule has 1 aromatic rings. The van der Waals surface area contributed by atoms with Gasteiger partial charge in [0.05, 0.1) is 0 Å². The summed E-state index contributed by atoms with van der Waals surface area (Å²) < 4.78 is 0. The van der Waals surface area contributed by atoms with E-state index in [0.29, 0.717) is 6.04 Å². The van der Waals surface area contributed by atoms with Gasteiger partial charge in [0, 0.05) is 25.7 Å². The predicted molar refractivity (Wildman–Crippen MR) is 88.2 cm³/mol. The van der Waals surface area contributed by atoms with Gasteiger partial charge >= 0.3 is 0 Å². The molecule has 21 heavy (non-hydrogen) atoms. The summed E-state index contributed by atoms with van der Waals surface area (Å²) in [6, 6.07) is 8.73. The third kappa shape index (κ3) is 4.18. The topological polar surface area (TPSA) is 32.3 Å². The van der Waals surface area contributed by atoms with Gasteiger partial charge in [-0.05, 0) is 35.6 Å². The summed E-state index contributed by atoms with van der Waals surface area (Å²) in [4.78, 5) is 14.0. The third-order valence-electron chi connectivity index (χ3n) is 4.12. The highest BCUT2D eigenvalue weighted by atomic mass is 16.2. The van der Waals surface area contributed by atoms with Gasteiger partial charge in [-0.3, -0.25) is 4.79 Å². The van der Waals surface area contributed by atoms with Crippen LogP contribution in [0.15, 0.2) is 30.3 Å². The predicted octanol–water partition coefficient (Wildman–Crippen LogP) is 2.82. The summed E-state index contributed by atoms with van der Waals surface area (Å²) in [7, 11) is 1.88. The second kappa shape index (κ2) is 6.44. The second-order valence-corrected chi connectivity index (χ2v) is 6.80. The van der Waals surface area contributed by atoms with E-state index in [1.54, 1.807) is 6.08 Å². The van der Waals surface area contributed by atoms with Crippen molar-refractivity contribution in [3.05, 3.63) is 41.5 Å². The minimum atomic E-state index is 0.0728. The fraction of sp³-hybridized carbons (Fsp3) is 0.500. The average Bonchev–Trinajstić information content (AvgIpc) is 2.97. The SMILES string of the molecule is CN(C(=O)/C=C/c1ccc(C(C)(C)C)cc1)C1CCNC1. The summed E-state index contributed by atoms with van der Waals surface area (Å²) in [5.41, 5.74) is 2.53. The number of amides is 1. The first-order valence-corrected chi connectivity index (χ1v) is 7.64. The fourth-order valence-electron chi connectivity index (χ4n) is 2.53. The number of rotatable bonds is 3. The maximum Gasteiger partial charge on any atom is 0.246 e. The van der Waals surface area contributed by atoms with Gasteiger partial charge in [-0.2, -0.15) is 0 Å². The highest BCUT2D eigenvalue weighted by Crippen LogP contribution is 2.22. The molecule has 3 nitrogen and oxygen atoms in total. The monoisotopic (exact) mass is 286 g/mol. The molecule has 1 N–H and O–H groups in total. The van der Waals surface area contributed by atoms with Crippen molar-refractivity contribution in [2.45, 2.75) is 38.6 Å². The third-order valence-corrected chi connectivity index (χ3v) is 4.12. The zero-order valence-electron chi connectivity index (χ0n) is 13.5. The number of likely N-dealkylation sites (N-methyl/N-ethyl adjacent to an activating group) is 1. The minimum Gasteiger partial charge on any atom is -0.338 e. The first-order chi connectivity index (χ1) is 9.88. The van der Waals surface area contributed by atoms with Gasteiger partial charge < -0.3 is 10.2 Å². The molecule has 3 heteroatoms. The minimum absolute atomic E-state index is 0.0728. The Balaban J connectivity index is 1.98. The number of nitrogens with zero attached hydrogens (tertiary/aromatic N) is 1. The Morgan fingerprint density at radius 1 is 1.29 bits per heavy atom. The number of benzene rings is 1. The summed E-state index contributed by atoms with van der Waals surface area (Å²) in [6.07, 6.45) is 4.61. The van der Waals surface area contributed by atoms with Gasteiger partial charge in [-0.1, -0.05) is 45.0 Å². The summed E-state index contributed by atoms with van der Waals surface area (Å²) in [5, 5.41) is 3.28. The molecule has 1 atom stereocenters. The first kappa shape index (κ1) is 15.8. The van der Waals surface area contributed by atoms with Crippen molar-refractivity contribution in [2.75, 3.05) is 20.1 Å². The van der Waals surface area contributed by atoms with E-state index in [2.05, 4.69) is 50.4 Å². The van der Waals surface area contributed by atoms with Crippen molar-refractivity contribution in [2.24, 2.45) is 0 Å². The Labute approximate surface area is 128 Å². The molecule has 1 fully saturated rings. The van der Waals surface area contributed by atoms with E-state index in [4.69, 9.17) is 0 Å². The van der Waals surface area contributed by atoms with Crippen molar-refractivity contribution in [3.63, 3.8) is 0 Å². The normalized spacial score (nSPS) is 19.1. The highest BCUT2D eigenvalue weighted by Gasteiger charge is 2.21. The number of carbonyl (C=O) groups is 1. The lowest BCUT2D eigenvalue weighted by molar-refractivity contribution is -0.126. The Bertz CT molecular complexity index is 505. The largest absolute Gasteiger partial charge is 0.338 e. The average molecular weight is 286 g/mol. The zero-order chi connectivity index (χ0) is 15.5. The maximum absolute atomic E-state index is 12.1. The molecule has 1 amide bonds. The Morgan fingerprint density at radius 2 is 1.95 bits per heavy atom. The van der Waals surface area contributed by atoms with Gasteiger partial charge in [0.15, 0.2) is 0 Å². The van der Waals surface area contributed by atoms with E-state index >= 15 is 0 Å². The molecule has 0 radical (unpaired) electrons. The molecule has 1 heterocycles. The van der Waals surface area contributed by atoms with E-state index < -0.39 is 0 Å². The van der Waals surface area contributed by atoms with Gasteiger partial charge in [0.2, 0.25) is 5.91 Å². The van der Waals surface area contributed by atoms with Crippen LogP contribution >= 0.6 is 0 Å². The number of nitrogens with one attached hydrogen (secondary N) is 1. The van der Waals surface area contributed by atoms with Crippen molar-refractivity contribution in [1.82, 2.24) is 10.2 Å². The van der Waals surface area contributed by atoms with Crippen molar-refractivity contribution in [1.29, 1.82) is 0 Å². The standard InChI is InChI=1S/C18H26N2O/c1-18(2,3)15-8-5-14(6-9-15)7-10-17(21)20(4)16-11-12-19-13-16/h5-10,16,19H,11-13H2,1-4H3/b10-7+. The van der Waals surface area contributed by atoms with Crippen LogP contribution < -0.4 is 5.32 Å². The van der Waals surface area contributed by atoms with Crippen LogP contribution in [0.25, 0.3) is 6.08 Å². The molecule has 0 aliphatic carbocycles. The lowest BCUT2D eigenvalue weighted by atomic mass is 9.87. The molecule has 2 rings (SSSR count). The summed E-state index contributed by atoms with van der Waals surface area (Å²) in [5.74, 6) is 0.0728. The second-order valence-electron chi connectivity index (χ2n) is 6.80. The van der Waals surface area contributed by atoms with E-state index in [0.717, 1.165) is 25.1 Å². The van der Waals surface area contributed by atoms with Crippen molar-refractivity contribution >= 4 is 12.0 Å². The van der Waals surface area contributed by atoms with Crippen LogP contribution in [0.5, 0.6) is 0 Å². The van der Waals surface area contributed by atoms with Gasteiger partial charge in [0.25, 0.3) is 0 Å². The van der Waals surface area contributed by atoms with Crippen molar-refractivity contribution in [3.8, 4) is 0 Å². The van der Waals surface area contributed by atoms with Crippen LogP contribution in [0.2, 0.25) is 0 Å². The quantitative estimate of drug-likeness (QED) is 0.867. The molecule has 1 aromatic carbocycles. The Morgan fingerprint density at radius 3 is 2.48 bits per heavy atom. The molecule has 1 saturated heterocycles. The molecule has 0 bridgehead atoms. The van der Waals surface area contributed by atoms with E-state index in [-0.39, 0.29) is 11.3 Å². The molecule has 1 aliphatic heterocycles. The van der Waals surface area contributed by atoms with E-state index in [1.807, 2.05) is 18.0 Å². The van der Waals surface area contributed by atoms with Crippen LogP contribution in [0.3, 0.4) is 0 Å². The lowest BCUT2D eigenvalue weighted by Crippen LogP contribution is -2.37. The van der Waals surface area contributed by atoms with Crippen LogP contribution in [-0.4, -0.2) is 37.0 Å². The van der Waals surface area contributed by atoms with Crippen LogP contribution in [0.4, 0.5) is 0 Å². The number of hydrogen-bond acceptors (Lipinski definition) is 2. The van der Waals surface area contributed by atoms with Crippen LogP contribution in [-0.2, 0) is 10.2 Å². The van der Waals surface area contributed by atoms with E-state index in [9.17, 15) is 4.79 Å². The molecular weight excluding hydrogens is 260 g/mol. The molecule has 0 spiro atoms. The van der Waals surface area contributed by atoms with Gasteiger partial charge in [0.1, 0.15) is 0 Å². The van der Waals surface area contributed by atoms with Gasteiger partial charge in [-0.15, -0.1) is 0 Å². The molecule has 0 aromatic heterocycles. The highest BCUT2D eigenvalue weighted by molar-refractivity contribution is 5.91. The number of carbonyl (C=O) groups excluding carboxylic acids is 1. The molecule has 114 valence electrons. The van der Waals surface area contributed by atoms with Crippen LogP contribution in [0.1, 0.15) is 38.3 Å². The molecular formula is C18H26N2O.